The van der Waals surface area contributed by atoms with Crippen molar-refractivity contribution in [2.75, 3.05) is 0 Å². The van der Waals surface area contributed by atoms with E-state index in [0.717, 1.165) is 6.42 Å². The van der Waals surface area contributed by atoms with Crippen molar-refractivity contribution in [3.8, 4) is 0 Å². The second-order valence-corrected chi connectivity index (χ2v) is 8.35. The molecule has 0 heterocycles. The Morgan fingerprint density at radius 3 is 2.32 bits per heavy atom. The lowest BCUT2D eigenvalue weighted by Crippen LogP contribution is -2.38. The Morgan fingerprint density at radius 2 is 1.60 bits per heavy atom. The maximum atomic E-state index is 2.49. The molecule has 0 aromatic heterocycles. The van der Waals surface area contributed by atoms with Crippen molar-refractivity contribution in [2.24, 2.45) is 23.7 Å². The molecule has 1 aromatic rings. The molecule has 3 aliphatic carbocycles. The van der Waals surface area contributed by atoms with E-state index in [9.17, 15) is 0 Å². The first kappa shape index (κ1) is 16.6. The molecule has 0 saturated heterocycles. The van der Waals surface area contributed by atoms with Gasteiger partial charge in [-0.25, -0.2) is 0 Å². The Hall–Kier alpha value is -1.82. The van der Waals surface area contributed by atoms with E-state index in [4.69, 9.17) is 0 Å². The molecule has 5 unspecified atom stereocenters. The van der Waals surface area contributed by atoms with Crippen LogP contribution in [0.25, 0.3) is 0 Å². The van der Waals surface area contributed by atoms with E-state index >= 15 is 0 Å². The summed E-state index contributed by atoms with van der Waals surface area (Å²) in [5, 5.41) is 0. The summed E-state index contributed by atoms with van der Waals surface area (Å²) >= 11 is 0. The summed E-state index contributed by atoms with van der Waals surface area (Å²) in [6.45, 7) is 9.78. The highest BCUT2D eigenvalue weighted by Crippen LogP contribution is 2.61. The van der Waals surface area contributed by atoms with E-state index in [1.165, 1.54) is 12.0 Å². The maximum Gasteiger partial charge on any atom is 0.0447 e. The van der Waals surface area contributed by atoms with Crippen molar-refractivity contribution in [3.05, 3.63) is 83.0 Å². The van der Waals surface area contributed by atoms with E-state index in [-0.39, 0.29) is 5.41 Å². The molecule has 0 radical (unpaired) electrons. The summed E-state index contributed by atoms with van der Waals surface area (Å²) in [6.07, 6.45) is 14.3. The third-order valence-corrected chi connectivity index (χ3v) is 7.08. The number of hydrogen-bond donors (Lipinski definition) is 0. The Balaban J connectivity index is 2.04. The van der Waals surface area contributed by atoms with Gasteiger partial charge in [0.2, 0.25) is 0 Å². The van der Waals surface area contributed by atoms with Gasteiger partial charge in [-0.05, 0) is 47.6 Å². The van der Waals surface area contributed by atoms with Crippen LogP contribution in [-0.4, -0.2) is 0 Å². The van der Waals surface area contributed by atoms with E-state index in [0.29, 0.717) is 23.7 Å². The summed E-state index contributed by atoms with van der Waals surface area (Å²) in [4.78, 5) is 0. The molecule has 130 valence electrons. The van der Waals surface area contributed by atoms with Gasteiger partial charge in [0.15, 0.2) is 0 Å². The zero-order valence-corrected chi connectivity index (χ0v) is 16.0. The lowest BCUT2D eigenvalue weighted by molar-refractivity contribution is 0.327. The molecular formula is C25H30. The third-order valence-electron chi connectivity index (χ3n) is 7.08. The Labute approximate surface area is 153 Å². The van der Waals surface area contributed by atoms with Crippen LogP contribution in [0.1, 0.15) is 46.1 Å². The standard InChI is InChI=1S/C25H30/c1-17-11-8-9-15-22(17)25(21-13-6-5-7-14-21)20(4)19(3)24-18(2)12-10-16-23(24)25/h5-10,13-20H,11-12H2,1-4H3. The molecule has 0 nitrogen and oxygen atoms in total. The van der Waals surface area contributed by atoms with Crippen LogP contribution in [0.2, 0.25) is 0 Å². The maximum absolute atomic E-state index is 2.49. The molecule has 4 rings (SSSR count). The van der Waals surface area contributed by atoms with Crippen molar-refractivity contribution in [3.63, 3.8) is 0 Å². The van der Waals surface area contributed by atoms with Crippen molar-refractivity contribution in [1.29, 1.82) is 0 Å². The predicted molar refractivity (Wildman–Crippen MR) is 107 cm³/mol. The molecule has 0 spiro atoms. The predicted octanol–water partition coefficient (Wildman–Crippen LogP) is 6.63. The number of benzene rings is 1. The molecule has 0 amide bonds. The van der Waals surface area contributed by atoms with Gasteiger partial charge < -0.3 is 0 Å². The fourth-order valence-corrected chi connectivity index (χ4v) is 5.79. The number of rotatable bonds is 2. The number of hydrogen-bond acceptors (Lipinski definition) is 0. The molecule has 3 aliphatic rings. The van der Waals surface area contributed by atoms with Crippen LogP contribution < -0.4 is 0 Å². The summed E-state index contributed by atoms with van der Waals surface area (Å²) in [6, 6.07) is 11.3. The van der Waals surface area contributed by atoms with Gasteiger partial charge in [-0.15, -0.1) is 0 Å². The van der Waals surface area contributed by atoms with Gasteiger partial charge in [0.1, 0.15) is 0 Å². The highest BCUT2D eigenvalue weighted by molar-refractivity contribution is 5.60. The highest BCUT2D eigenvalue weighted by Gasteiger charge is 2.54. The average Bonchev–Trinajstić information content (AvgIpc) is 2.86. The van der Waals surface area contributed by atoms with Crippen molar-refractivity contribution in [2.45, 2.75) is 46.0 Å². The summed E-state index contributed by atoms with van der Waals surface area (Å²) < 4.78 is 0. The normalized spacial score (nSPS) is 37.2. The molecule has 0 fully saturated rings. The minimum atomic E-state index is 0.0331. The Bertz CT molecular complexity index is 774. The van der Waals surface area contributed by atoms with Crippen molar-refractivity contribution >= 4 is 0 Å². The van der Waals surface area contributed by atoms with Gasteiger partial charge in [0.25, 0.3) is 0 Å². The van der Waals surface area contributed by atoms with Crippen LogP contribution in [0.15, 0.2) is 77.4 Å². The fourth-order valence-electron chi connectivity index (χ4n) is 5.79. The third kappa shape index (κ3) is 2.26. The average molecular weight is 331 g/mol. The lowest BCUT2D eigenvalue weighted by Gasteiger charge is -2.43. The SMILES string of the molecule is CC1CC=CC=C1C1(c2ccccc2)C2=C(C(C)CC=C2)C(C)C1C. The first-order valence-electron chi connectivity index (χ1n) is 9.92. The van der Waals surface area contributed by atoms with Gasteiger partial charge in [-0.3, -0.25) is 0 Å². The summed E-state index contributed by atoms with van der Waals surface area (Å²) in [7, 11) is 0. The Kier molecular flexibility index (Phi) is 4.10. The Morgan fingerprint density at radius 1 is 0.880 bits per heavy atom. The second-order valence-electron chi connectivity index (χ2n) is 8.35. The van der Waals surface area contributed by atoms with Crippen LogP contribution in [0.3, 0.4) is 0 Å². The van der Waals surface area contributed by atoms with Gasteiger partial charge >= 0.3 is 0 Å². The van der Waals surface area contributed by atoms with Gasteiger partial charge in [-0.1, -0.05) is 99.6 Å². The van der Waals surface area contributed by atoms with E-state index < -0.39 is 0 Å². The molecule has 0 N–H and O–H groups in total. The van der Waals surface area contributed by atoms with Crippen LogP contribution >= 0.6 is 0 Å². The first-order chi connectivity index (χ1) is 12.1. The smallest absolute Gasteiger partial charge is 0.0447 e. The molecular weight excluding hydrogens is 300 g/mol. The zero-order valence-electron chi connectivity index (χ0n) is 16.0. The summed E-state index contributed by atoms with van der Waals surface area (Å²) in [5.74, 6) is 2.48. The zero-order chi connectivity index (χ0) is 17.6. The van der Waals surface area contributed by atoms with Gasteiger partial charge in [0.05, 0.1) is 0 Å². The fraction of sp³-hybridized carbons (Fsp3) is 0.440. The van der Waals surface area contributed by atoms with E-state index in [1.807, 2.05) is 0 Å². The molecule has 1 aromatic carbocycles. The minimum absolute atomic E-state index is 0.0331. The van der Waals surface area contributed by atoms with Crippen LogP contribution in [0.5, 0.6) is 0 Å². The van der Waals surface area contributed by atoms with Crippen LogP contribution in [0, 0.1) is 23.7 Å². The van der Waals surface area contributed by atoms with Crippen molar-refractivity contribution in [1.82, 2.24) is 0 Å². The summed E-state index contributed by atoms with van der Waals surface area (Å²) in [5.41, 5.74) is 6.44. The monoisotopic (exact) mass is 330 g/mol. The lowest BCUT2D eigenvalue weighted by atomic mass is 9.59. The number of allylic oxidation sites excluding steroid dienone is 8. The van der Waals surface area contributed by atoms with Crippen LogP contribution in [-0.2, 0) is 5.41 Å². The van der Waals surface area contributed by atoms with Crippen LogP contribution in [0.4, 0.5) is 0 Å². The van der Waals surface area contributed by atoms with E-state index in [2.05, 4.69) is 88.4 Å². The molecule has 0 aliphatic heterocycles. The molecule has 0 saturated carbocycles. The first-order valence-corrected chi connectivity index (χ1v) is 9.92. The largest absolute Gasteiger partial charge is 0.0840 e. The quantitative estimate of drug-likeness (QED) is 0.571. The molecule has 0 bridgehead atoms. The molecule has 5 atom stereocenters. The highest BCUT2D eigenvalue weighted by atomic mass is 14.6. The topological polar surface area (TPSA) is 0 Å². The minimum Gasteiger partial charge on any atom is -0.0840 e. The van der Waals surface area contributed by atoms with Gasteiger partial charge in [0, 0.05) is 5.41 Å². The molecule has 0 heteroatoms. The second kappa shape index (κ2) is 6.16. The van der Waals surface area contributed by atoms with Crippen molar-refractivity contribution < 1.29 is 0 Å². The van der Waals surface area contributed by atoms with E-state index in [1.54, 1.807) is 16.7 Å². The van der Waals surface area contributed by atoms with Gasteiger partial charge in [-0.2, -0.15) is 0 Å². The molecule has 25 heavy (non-hydrogen) atoms.